The van der Waals surface area contributed by atoms with Gasteiger partial charge in [0.25, 0.3) is 17.7 Å². The Kier molecular flexibility index (Phi) is 4.89. The van der Waals surface area contributed by atoms with Crippen molar-refractivity contribution in [3.63, 3.8) is 0 Å². The fourth-order valence-electron chi connectivity index (χ4n) is 3.15. The number of carbonyl (C=O) groups is 3. The largest absolute Gasteiger partial charge is 0.322 e. The first-order valence-electron chi connectivity index (χ1n) is 8.81. The number of aryl methyl sites for hydroxylation is 2. The number of amides is 3. The summed E-state index contributed by atoms with van der Waals surface area (Å²) >= 11 is 0. The Morgan fingerprint density at radius 1 is 1.00 bits per heavy atom. The first kappa shape index (κ1) is 17.9. The molecule has 1 aliphatic heterocycles. The molecule has 0 aromatic heterocycles. The van der Waals surface area contributed by atoms with Crippen LogP contribution in [0.4, 0.5) is 5.69 Å². The summed E-state index contributed by atoms with van der Waals surface area (Å²) in [6.45, 7) is 6.28. The maximum absolute atomic E-state index is 12.6. The molecule has 5 heteroatoms. The van der Waals surface area contributed by atoms with Crippen LogP contribution in [0.25, 0.3) is 0 Å². The minimum atomic E-state index is -0.319. The third kappa shape index (κ3) is 3.12. The molecule has 0 saturated carbocycles. The van der Waals surface area contributed by atoms with E-state index in [1.54, 1.807) is 12.1 Å². The van der Waals surface area contributed by atoms with E-state index in [1.165, 1.54) is 11.0 Å². The van der Waals surface area contributed by atoms with Crippen LogP contribution in [0.2, 0.25) is 0 Å². The summed E-state index contributed by atoms with van der Waals surface area (Å²) in [5, 5.41) is 2.91. The van der Waals surface area contributed by atoms with E-state index >= 15 is 0 Å². The SMILES string of the molecule is CCCCN1C(=O)c2ccc(C(=O)Nc3c(C)cccc3C)cc2C1=O. The number of para-hydroxylation sites is 1. The Balaban J connectivity index is 1.86. The van der Waals surface area contributed by atoms with Crippen LogP contribution < -0.4 is 5.32 Å². The number of anilines is 1. The normalized spacial score (nSPS) is 13.1. The average molecular weight is 350 g/mol. The zero-order chi connectivity index (χ0) is 18.8. The maximum atomic E-state index is 12.6. The lowest BCUT2D eigenvalue weighted by molar-refractivity contribution is 0.0652. The summed E-state index contributed by atoms with van der Waals surface area (Å²) in [5.41, 5.74) is 3.75. The lowest BCUT2D eigenvalue weighted by Crippen LogP contribution is -2.30. The molecule has 134 valence electrons. The van der Waals surface area contributed by atoms with Crippen molar-refractivity contribution in [3.05, 3.63) is 64.2 Å². The molecular weight excluding hydrogens is 328 g/mol. The highest BCUT2D eigenvalue weighted by Crippen LogP contribution is 2.26. The Hall–Kier alpha value is -2.95. The number of nitrogens with one attached hydrogen (secondary N) is 1. The second-order valence-electron chi connectivity index (χ2n) is 6.60. The molecule has 3 amide bonds. The number of rotatable bonds is 5. The number of benzene rings is 2. The molecule has 0 saturated heterocycles. The number of fused-ring (bicyclic) bond motifs is 1. The van der Waals surface area contributed by atoms with Crippen LogP contribution in [-0.4, -0.2) is 29.2 Å². The monoisotopic (exact) mass is 350 g/mol. The maximum Gasteiger partial charge on any atom is 0.261 e. The summed E-state index contributed by atoms with van der Waals surface area (Å²) in [6, 6.07) is 10.5. The van der Waals surface area contributed by atoms with Crippen LogP contribution in [0.3, 0.4) is 0 Å². The van der Waals surface area contributed by atoms with Crippen molar-refractivity contribution < 1.29 is 14.4 Å². The average Bonchev–Trinajstić information content (AvgIpc) is 2.86. The van der Waals surface area contributed by atoms with Gasteiger partial charge in [-0.05, 0) is 49.6 Å². The fraction of sp³-hybridized carbons (Fsp3) is 0.286. The van der Waals surface area contributed by atoms with Crippen molar-refractivity contribution in [2.24, 2.45) is 0 Å². The quantitative estimate of drug-likeness (QED) is 0.830. The van der Waals surface area contributed by atoms with E-state index in [9.17, 15) is 14.4 Å². The summed E-state index contributed by atoms with van der Waals surface area (Å²) in [5.74, 6) is -0.891. The second kappa shape index (κ2) is 7.12. The van der Waals surface area contributed by atoms with Crippen molar-refractivity contribution in [2.75, 3.05) is 11.9 Å². The van der Waals surface area contributed by atoms with E-state index < -0.39 is 0 Å². The molecule has 0 bridgehead atoms. The summed E-state index contributed by atoms with van der Waals surface area (Å²) in [7, 11) is 0. The number of unbranched alkanes of at least 4 members (excludes halogenated alkanes) is 1. The molecule has 0 atom stereocenters. The van der Waals surface area contributed by atoms with Crippen molar-refractivity contribution in [1.82, 2.24) is 4.90 Å². The van der Waals surface area contributed by atoms with Gasteiger partial charge in [-0.2, -0.15) is 0 Å². The molecule has 3 rings (SSSR count). The van der Waals surface area contributed by atoms with E-state index in [4.69, 9.17) is 0 Å². The molecule has 26 heavy (non-hydrogen) atoms. The number of nitrogens with zero attached hydrogens (tertiary/aromatic N) is 1. The van der Waals surface area contributed by atoms with Gasteiger partial charge in [0.1, 0.15) is 0 Å². The molecular formula is C21H22N2O3. The smallest absolute Gasteiger partial charge is 0.261 e. The number of hydrogen-bond acceptors (Lipinski definition) is 3. The zero-order valence-electron chi connectivity index (χ0n) is 15.3. The van der Waals surface area contributed by atoms with Crippen LogP contribution in [0.1, 0.15) is 62.0 Å². The Morgan fingerprint density at radius 2 is 1.65 bits per heavy atom. The van der Waals surface area contributed by atoms with Crippen molar-refractivity contribution >= 4 is 23.4 Å². The van der Waals surface area contributed by atoms with E-state index in [0.29, 0.717) is 23.2 Å². The lowest BCUT2D eigenvalue weighted by Gasteiger charge is -2.12. The van der Waals surface area contributed by atoms with Gasteiger partial charge in [0.15, 0.2) is 0 Å². The summed E-state index contributed by atoms with van der Waals surface area (Å²) in [6.07, 6.45) is 1.67. The molecule has 0 aliphatic carbocycles. The minimum absolute atomic E-state index is 0.278. The predicted molar refractivity (Wildman–Crippen MR) is 101 cm³/mol. The molecule has 1 heterocycles. The third-order valence-corrected chi connectivity index (χ3v) is 4.69. The molecule has 5 nitrogen and oxygen atoms in total. The topological polar surface area (TPSA) is 66.5 Å². The Bertz CT molecular complexity index is 882. The van der Waals surface area contributed by atoms with E-state index in [1.807, 2.05) is 39.0 Å². The van der Waals surface area contributed by atoms with E-state index in [0.717, 1.165) is 29.7 Å². The molecule has 0 fully saturated rings. The first-order valence-corrected chi connectivity index (χ1v) is 8.81. The van der Waals surface area contributed by atoms with Crippen LogP contribution in [0.5, 0.6) is 0 Å². The van der Waals surface area contributed by atoms with Gasteiger partial charge < -0.3 is 5.32 Å². The Labute approximate surface area is 153 Å². The highest BCUT2D eigenvalue weighted by Gasteiger charge is 2.35. The Morgan fingerprint density at radius 3 is 2.31 bits per heavy atom. The number of imide groups is 1. The number of carbonyl (C=O) groups excluding carboxylic acids is 3. The van der Waals surface area contributed by atoms with E-state index in [-0.39, 0.29) is 17.7 Å². The first-order chi connectivity index (χ1) is 12.4. The summed E-state index contributed by atoms with van der Waals surface area (Å²) < 4.78 is 0. The lowest BCUT2D eigenvalue weighted by atomic mass is 10.0. The van der Waals surface area contributed by atoms with Gasteiger partial charge in [0, 0.05) is 17.8 Å². The van der Waals surface area contributed by atoms with Crippen LogP contribution in [-0.2, 0) is 0 Å². The van der Waals surface area contributed by atoms with Gasteiger partial charge in [0.2, 0.25) is 0 Å². The standard InChI is InChI=1S/C21H22N2O3/c1-4-5-11-23-20(25)16-10-9-15(12-17(16)21(23)26)19(24)22-18-13(2)7-6-8-14(18)3/h6-10,12H,4-5,11H2,1-3H3,(H,22,24). The van der Waals surface area contributed by atoms with Gasteiger partial charge in [0.05, 0.1) is 11.1 Å². The van der Waals surface area contributed by atoms with Gasteiger partial charge in [-0.15, -0.1) is 0 Å². The molecule has 0 unspecified atom stereocenters. The summed E-state index contributed by atoms with van der Waals surface area (Å²) in [4.78, 5) is 38.8. The van der Waals surface area contributed by atoms with Crippen LogP contribution in [0, 0.1) is 13.8 Å². The van der Waals surface area contributed by atoms with Crippen LogP contribution in [0.15, 0.2) is 36.4 Å². The second-order valence-corrected chi connectivity index (χ2v) is 6.60. The molecule has 0 radical (unpaired) electrons. The molecule has 0 spiro atoms. The fourth-order valence-corrected chi connectivity index (χ4v) is 3.15. The molecule has 2 aromatic carbocycles. The van der Waals surface area contributed by atoms with E-state index in [2.05, 4.69) is 5.32 Å². The molecule has 2 aromatic rings. The highest BCUT2D eigenvalue weighted by atomic mass is 16.2. The van der Waals surface area contributed by atoms with Gasteiger partial charge in [-0.1, -0.05) is 31.5 Å². The minimum Gasteiger partial charge on any atom is -0.322 e. The number of hydrogen-bond donors (Lipinski definition) is 1. The van der Waals surface area contributed by atoms with Gasteiger partial charge >= 0.3 is 0 Å². The van der Waals surface area contributed by atoms with Gasteiger partial charge in [-0.25, -0.2) is 0 Å². The highest BCUT2D eigenvalue weighted by molar-refractivity contribution is 6.22. The van der Waals surface area contributed by atoms with Crippen LogP contribution >= 0.6 is 0 Å². The zero-order valence-corrected chi connectivity index (χ0v) is 15.3. The predicted octanol–water partition coefficient (Wildman–Crippen LogP) is 3.95. The van der Waals surface area contributed by atoms with Gasteiger partial charge in [-0.3, -0.25) is 19.3 Å². The molecule has 1 aliphatic rings. The third-order valence-electron chi connectivity index (χ3n) is 4.69. The van der Waals surface area contributed by atoms with Crippen molar-refractivity contribution in [1.29, 1.82) is 0 Å². The molecule has 1 N–H and O–H groups in total. The van der Waals surface area contributed by atoms with Crippen molar-refractivity contribution in [3.8, 4) is 0 Å². The van der Waals surface area contributed by atoms with Crippen molar-refractivity contribution in [2.45, 2.75) is 33.6 Å².